The second kappa shape index (κ2) is 8.04. The highest BCUT2D eigenvalue weighted by Gasteiger charge is 2.60. The summed E-state index contributed by atoms with van der Waals surface area (Å²) in [7, 11) is 3.14. The van der Waals surface area contributed by atoms with Crippen LogP contribution < -0.4 is 4.74 Å². The Balaban J connectivity index is 2.33. The lowest BCUT2D eigenvalue weighted by Crippen LogP contribution is -2.56. The minimum atomic E-state index is -1.22. The third-order valence-corrected chi connectivity index (χ3v) is 5.55. The molecular formula is C23H25NO4. The largest absolute Gasteiger partial charge is 0.496 e. The number of ether oxygens (including phenoxy) is 3. The second-order valence-electron chi connectivity index (χ2n) is 7.10. The average molecular weight is 379 g/mol. The first-order valence-electron chi connectivity index (χ1n) is 9.38. The Labute approximate surface area is 165 Å². The minimum absolute atomic E-state index is 0.132. The predicted octanol–water partition coefficient (Wildman–Crippen LogP) is 3.80. The molecule has 0 saturated heterocycles. The Kier molecular flexibility index (Phi) is 5.71. The van der Waals surface area contributed by atoms with Gasteiger partial charge in [-0.1, -0.05) is 49.4 Å². The van der Waals surface area contributed by atoms with Crippen molar-refractivity contribution < 1.29 is 19.0 Å². The van der Waals surface area contributed by atoms with Crippen LogP contribution in [-0.4, -0.2) is 26.8 Å². The molecular weight excluding hydrogens is 354 g/mol. The van der Waals surface area contributed by atoms with Crippen LogP contribution in [0.3, 0.4) is 0 Å². The number of nitriles is 1. The summed E-state index contributed by atoms with van der Waals surface area (Å²) in [6.45, 7) is 1.88. The van der Waals surface area contributed by atoms with Crippen molar-refractivity contribution in [1.29, 1.82) is 5.26 Å². The van der Waals surface area contributed by atoms with Gasteiger partial charge in [-0.3, -0.25) is 4.79 Å². The number of methoxy groups -OCH3 is 2. The van der Waals surface area contributed by atoms with E-state index in [1.165, 1.54) is 0 Å². The van der Waals surface area contributed by atoms with Crippen molar-refractivity contribution in [1.82, 2.24) is 0 Å². The topological polar surface area (TPSA) is 68.5 Å². The van der Waals surface area contributed by atoms with E-state index >= 15 is 0 Å². The average Bonchev–Trinajstić information content (AvgIpc) is 2.73. The van der Waals surface area contributed by atoms with Crippen LogP contribution in [0.2, 0.25) is 0 Å². The first kappa shape index (κ1) is 19.9. The number of hydrogen-bond donors (Lipinski definition) is 0. The van der Waals surface area contributed by atoms with E-state index in [4.69, 9.17) is 14.2 Å². The van der Waals surface area contributed by atoms with Gasteiger partial charge >= 0.3 is 5.97 Å². The Morgan fingerprint density at radius 2 is 1.71 bits per heavy atom. The highest BCUT2D eigenvalue weighted by Crippen LogP contribution is 2.54. The molecule has 2 aromatic carbocycles. The van der Waals surface area contributed by atoms with Gasteiger partial charge in [-0.05, 0) is 23.6 Å². The zero-order valence-electron chi connectivity index (χ0n) is 16.5. The van der Waals surface area contributed by atoms with Crippen molar-refractivity contribution in [2.24, 2.45) is 5.41 Å². The third-order valence-electron chi connectivity index (χ3n) is 5.55. The molecule has 5 heteroatoms. The Morgan fingerprint density at radius 1 is 1.07 bits per heavy atom. The standard InChI is InChI=1S/C23H25NO4/c1-4-21(25)28-23(19-11-7-8-12-20(19)27-3)14-18-10-6-5-9-17(18)13-22(23,15-24)16-26-2/h5-12H,4,13-14,16H2,1-3H3. The predicted molar refractivity (Wildman–Crippen MR) is 105 cm³/mol. The van der Waals surface area contributed by atoms with Crippen LogP contribution in [0.15, 0.2) is 48.5 Å². The van der Waals surface area contributed by atoms with Crippen LogP contribution in [-0.2, 0) is 32.7 Å². The van der Waals surface area contributed by atoms with Crippen LogP contribution in [0.4, 0.5) is 0 Å². The van der Waals surface area contributed by atoms with E-state index in [1.807, 2.05) is 48.5 Å². The van der Waals surface area contributed by atoms with Crippen LogP contribution in [0, 0.1) is 16.7 Å². The first-order valence-corrected chi connectivity index (χ1v) is 9.38. The molecule has 0 heterocycles. The molecule has 28 heavy (non-hydrogen) atoms. The molecule has 0 N–H and O–H groups in total. The van der Waals surface area contributed by atoms with Gasteiger partial charge in [0.25, 0.3) is 0 Å². The molecule has 1 aliphatic carbocycles. The normalized spacial score (nSPS) is 23.4. The number of esters is 1. The Morgan fingerprint density at radius 3 is 2.32 bits per heavy atom. The lowest BCUT2D eigenvalue weighted by molar-refractivity contribution is -0.181. The van der Waals surface area contributed by atoms with Crippen LogP contribution in [0.1, 0.15) is 30.0 Å². The smallest absolute Gasteiger partial charge is 0.306 e. The van der Waals surface area contributed by atoms with E-state index < -0.39 is 11.0 Å². The number of rotatable bonds is 6. The number of fused-ring (bicyclic) bond motifs is 1. The summed E-state index contributed by atoms with van der Waals surface area (Å²) in [5, 5.41) is 10.4. The Hall–Kier alpha value is -2.84. The summed E-state index contributed by atoms with van der Waals surface area (Å²) < 4.78 is 17.3. The summed E-state index contributed by atoms with van der Waals surface area (Å²) in [4.78, 5) is 12.6. The molecule has 0 spiro atoms. The third kappa shape index (κ3) is 3.14. The van der Waals surface area contributed by atoms with Gasteiger partial charge in [-0.2, -0.15) is 5.26 Å². The summed E-state index contributed by atoms with van der Waals surface area (Å²) in [5.41, 5.74) is 0.507. The molecule has 3 rings (SSSR count). The summed E-state index contributed by atoms with van der Waals surface area (Å²) in [6, 6.07) is 17.9. The number of carbonyl (C=O) groups excluding carboxylic acids is 1. The first-order chi connectivity index (χ1) is 13.6. The summed E-state index contributed by atoms with van der Waals surface area (Å²) in [5.74, 6) is 0.225. The molecule has 2 unspecified atom stereocenters. The molecule has 0 radical (unpaired) electrons. The van der Waals surface area contributed by atoms with E-state index in [2.05, 4.69) is 6.07 Å². The summed E-state index contributed by atoms with van der Waals surface area (Å²) >= 11 is 0. The molecule has 0 fully saturated rings. The van der Waals surface area contributed by atoms with Gasteiger partial charge in [-0.15, -0.1) is 0 Å². The van der Waals surface area contributed by atoms with Gasteiger partial charge in [0.15, 0.2) is 5.60 Å². The van der Waals surface area contributed by atoms with E-state index in [9.17, 15) is 10.1 Å². The van der Waals surface area contributed by atoms with E-state index in [0.29, 0.717) is 24.2 Å². The minimum Gasteiger partial charge on any atom is -0.496 e. The lowest BCUT2D eigenvalue weighted by Gasteiger charge is -2.49. The molecule has 146 valence electrons. The fourth-order valence-corrected chi connectivity index (χ4v) is 4.17. The maximum atomic E-state index is 12.6. The van der Waals surface area contributed by atoms with Crippen molar-refractivity contribution in [2.45, 2.75) is 31.8 Å². The molecule has 0 aliphatic heterocycles. The van der Waals surface area contributed by atoms with Gasteiger partial charge in [0.05, 0.1) is 19.8 Å². The van der Waals surface area contributed by atoms with E-state index in [-0.39, 0.29) is 19.0 Å². The van der Waals surface area contributed by atoms with Crippen LogP contribution >= 0.6 is 0 Å². The molecule has 2 atom stereocenters. The number of nitrogens with zero attached hydrogens (tertiary/aromatic N) is 1. The van der Waals surface area contributed by atoms with Crippen molar-refractivity contribution in [3.05, 3.63) is 65.2 Å². The van der Waals surface area contributed by atoms with Crippen LogP contribution in [0.5, 0.6) is 5.75 Å². The molecule has 1 aliphatic rings. The molecule has 0 amide bonds. The molecule has 2 aromatic rings. The molecule has 0 bridgehead atoms. The quantitative estimate of drug-likeness (QED) is 0.714. The fraction of sp³-hybridized carbons (Fsp3) is 0.391. The zero-order chi connectivity index (χ0) is 20.2. The van der Waals surface area contributed by atoms with E-state index in [1.54, 1.807) is 21.1 Å². The molecule has 0 aromatic heterocycles. The van der Waals surface area contributed by atoms with Crippen molar-refractivity contribution in [2.75, 3.05) is 20.8 Å². The fourth-order valence-electron chi connectivity index (χ4n) is 4.17. The number of benzene rings is 2. The van der Waals surface area contributed by atoms with Gasteiger partial charge in [0.1, 0.15) is 11.2 Å². The number of carbonyl (C=O) groups is 1. The van der Waals surface area contributed by atoms with Crippen molar-refractivity contribution in [3.8, 4) is 11.8 Å². The maximum absolute atomic E-state index is 12.6. The molecule has 0 saturated carbocycles. The molecule has 5 nitrogen and oxygen atoms in total. The SMILES string of the molecule is CCC(=O)OC1(c2ccccc2OC)Cc2ccccc2CC1(C#N)COC. The van der Waals surface area contributed by atoms with Gasteiger partial charge < -0.3 is 14.2 Å². The van der Waals surface area contributed by atoms with Crippen molar-refractivity contribution >= 4 is 5.97 Å². The maximum Gasteiger partial charge on any atom is 0.306 e. The zero-order valence-corrected chi connectivity index (χ0v) is 16.5. The highest BCUT2D eigenvalue weighted by atomic mass is 16.6. The number of para-hydroxylation sites is 1. The van der Waals surface area contributed by atoms with E-state index in [0.717, 1.165) is 11.1 Å². The second-order valence-corrected chi connectivity index (χ2v) is 7.10. The monoisotopic (exact) mass is 379 g/mol. The van der Waals surface area contributed by atoms with Gasteiger partial charge in [0.2, 0.25) is 0 Å². The number of hydrogen-bond acceptors (Lipinski definition) is 5. The van der Waals surface area contributed by atoms with Crippen LogP contribution in [0.25, 0.3) is 0 Å². The summed E-state index contributed by atoms with van der Waals surface area (Å²) in [6.07, 6.45) is 1.02. The van der Waals surface area contributed by atoms with Gasteiger partial charge in [0, 0.05) is 25.5 Å². The lowest BCUT2D eigenvalue weighted by atomic mass is 9.59. The van der Waals surface area contributed by atoms with Crippen molar-refractivity contribution in [3.63, 3.8) is 0 Å². The Bertz CT molecular complexity index is 903. The van der Waals surface area contributed by atoms with Gasteiger partial charge in [-0.25, -0.2) is 0 Å². The highest BCUT2D eigenvalue weighted by molar-refractivity contribution is 5.70.